The molecule has 1 heterocycles. The summed E-state index contributed by atoms with van der Waals surface area (Å²) in [4.78, 5) is 37.8. The molecule has 0 fully saturated rings. The number of allylic oxidation sites excluding steroid dienone is 1. The predicted octanol–water partition coefficient (Wildman–Crippen LogP) is 4.59. The van der Waals surface area contributed by atoms with E-state index < -0.39 is 52.8 Å². The van der Waals surface area contributed by atoms with Crippen LogP contribution < -0.4 is 15.4 Å². The maximum atomic E-state index is 13.4. The first-order chi connectivity index (χ1) is 17.5. The van der Waals surface area contributed by atoms with Gasteiger partial charge < -0.3 is 20.1 Å². The highest BCUT2D eigenvalue weighted by molar-refractivity contribution is 9.10. The van der Waals surface area contributed by atoms with Crippen molar-refractivity contribution in [3.8, 4) is 11.8 Å². The number of esters is 1. The summed E-state index contributed by atoms with van der Waals surface area (Å²) in [6.07, 6.45) is -4.71. The molecular weight excluding hydrogens is 579 g/mol. The molecule has 0 saturated carbocycles. The van der Waals surface area contributed by atoms with Crippen LogP contribution in [-0.4, -0.2) is 37.8 Å². The lowest BCUT2D eigenvalue weighted by atomic mass is 9.78. The van der Waals surface area contributed by atoms with E-state index in [-0.39, 0.29) is 15.1 Å². The van der Waals surface area contributed by atoms with Gasteiger partial charge in [0.1, 0.15) is 11.7 Å². The van der Waals surface area contributed by atoms with Gasteiger partial charge in [0.2, 0.25) is 11.8 Å². The summed E-state index contributed by atoms with van der Waals surface area (Å²) >= 11 is 3.73. The molecule has 2 atom stereocenters. The fraction of sp³-hybridized carbons (Fsp3) is 0.250. The second-order valence-electron chi connectivity index (χ2n) is 7.62. The zero-order chi connectivity index (χ0) is 27.3. The molecule has 0 aliphatic carbocycles. The molecule has 1 aliphatic rings. The van der Waals surface area contributed by atoms with Crippen LogP contribution in [0.4, 0.5) is 18.9 Å². The van der Waals surface area contributed by atoms with Gasteiger partial charge in [-0.05, 0) is 35.9 Å². The number of carbonyl (C=O) groups is 3. The number of nitrogens with zero attached hydrogens (tertiary/aromatic N) is 1. The van der Waals surface area contributed by atoms with Crippen LogP contribution in [-0.2, 0) is 25.3 Å². The van der Waals surface area contributed by atoms with Gasteiger partial charge in [0.25, 0.3) is 0 Å². The van der Waals surface area contributed by atoms with Crippen LogP contribution in [0.1, 0.15) is 17.0 Å². The number of anilines is 1. The van der Waals surface area contributed by atoms with E-state index in [2.05, 4.69) is 26.6 Å². The Morgan fingerprint density at radius 3 is 2.43 bits per heavy atom. The lowest BCUT2D eigenvalue weighted by Gasteiger charge is -2.31. The summed E-state index contributed by atoms with van der Waals surface area (Å²) in [7, 11) is 2.58. The van der Waals surface area contributed by atoms with Crippen LogP contribution in [0, 0.1) is 17.2 Å². The number of alkyl halides is 3. The molecule has 2 aromatic carbocycles. The second kappa shape index (κ2) is 11.7. The molecule has 2 amide bonds. The number of ether oxygens (including phenoxy) is 2. The van der Waals surface area contributed by atoms with Crippen molar-refractivity contribution >= 4 is 51.2 Å². The van der Waals surface area contributed by atoms with E-state index in [9.17, 15) is 32.8 Å². The zero-order valence-electron chi connectivity index (χ0n) is 19.3. The average molecular weight is 598 g/mol. The third-order valence-corrected chi connectivity index (χ3v) is 6.88. The van der Waals surface area contributed by atoms with Gasteiger partial charge in [-0.15, -0.1) is 0 Å². The van der Waals surface area contributed by atoms with Gasteiger partial charge in [0.15, 0.2) is 0 Å². The van der Waals surface area contributed by atoms with Crippen LogP contribution in [0.3, 0.4) is 0 Å². The first-order valence-corrected chi connectivity index (χ1v) is 12.2. The minimum atomic E-state index is -4.71. The van der Waals surface area contributed by atoms with Crippen molar-refractivity contribution in [2.24, 2.45) is 5.92 Å². The molecule has 194 valence electrons. The van der Waals surface area contributed by atoms with Crippen molar-refractivity contribution in [3.63, 3.8) is 0 Å². The summed E-state index contributed by atoms with van der Waals surface area (Å²) in [5, 5.41) is 14.6. The molecule has 0 unspecified atom stereocenters. The van der Waals surface area contributed by atoms with Gasteiger partial charge in [-0.1, -0.05) is 39.8 Å². The number of hydrogen-bond acceptors (Lipinski definition) is 7. The van der Waals surface area contributed by atoms with E-state index in [4.69, 9.17) is 9.47 Å². The number of rotatable bonds is 7. The zero-order valence-corrected chi connectivity index (χ0v) is 21.7. The van der Waals surface area contributed by atoms with Gasteiger partial charge >= 0.3 is 12.1 Å². The Labute approximate surface area is 222 Å². The van der Waals surface area contributed by atoms with E-state index in [1.165, 1.54) is 13.2 Å². The smallest absolute Gasteiger partial charge is 0.418 e. The predicted molar refractivity (Wildman–Crippen MR) is 132 cm³/mol. The first-order valence-electron chi connectivity index (χ1n) is 10.5. The Balaban J connectivity index is 1.90. The third-order valence-electron chi connectivity index (χ3n) is 5.37. The number of carbonyl (C=O) groups excluding carboxylic acids is 3. The maximum Gasteiger partial charge on any atom is 0.418 e. The van der Waals surface area contributed by atoms with Crippen LogP contribution >= 0.6 is 27.7 Å². The molecule has 1 aliphatic heterocycles. The van der Waals surface area contributed by atoms with Crippen LogP contribution in [0.25, 0.3) is 0 Å². The van der Waals surface area contributed by atoms with Crippen molar-refractivity contribution in [3.05, 3.63) is 68.7 Å². The minimum Gasteiger partial charge on any atom is -0.497 e. The molecular formula is C24H19BrF3N3O5S. The molecule has 0 spiro atoms. The maximum absolute atomic E-state index is 13.4. The number of methoxy groups -OCH3 is 2. The lowest BCUT2D eigenvalue weighted by Crippen LogP contribution is -2.44. The van der Waals surface area contributed by atoms with Gasteiger partial charge in [-0.25, -0.2) is 0 Å². The average Bonchev–Trinajstić information content (AvgIpc) is 2.87. The van der Waals surface area contributed by atoms with Gasteiger partial charge in [-0.3, -0.25) is 14.4 Å². The highest BCUT2D eigenvalue weighted by Crippen LogP contribution is 2.41. The monoisotopic (exact) mass is 597 g/mol. The normalized spacial score (nSPS) is 17.5. The Bertz CT molecular complexity index is 1290. The van der Waals surface area contributed by atoms with Crippen LogP contribution in [0.2, 0.25) is 0 Å². The fourth-order valence-electron chi connectivity index (χ4n) is 3.67. The summed E-state index contributed by atoms with van der Waals surface area (Å²) in [6, 6.07) is 11.7. The summed E-state index contributed by atoms with van der Waals surface area (Å²) in [5.41, 5.74) is -1.03. The van der Waals surface area contributed by atoms with E-state index in [0.29, 0.717) is 11.3 Å². The molecule has 0 bridgehead atoms. The molecule has 0 radical (unpaired) electrons. The third kappa shape index (κ3) is 6.44. The Morgan fingerprint density at radius 2 is 1.86 bits per heavy atom. The van der Waals surface area contributed by atoms with Crippen molar-refractivity contribution < 1.29 is 37.0 Å². The summed E-state index contributed by atoms with van der Waals surface area (Å²) in [6.45, 7) is 0. The molecule has 2 aromatic rings. The highest BCUT2D eigenvalue weighted by atomic mass is 79.9. The van der Waals surface area contributed by atoms with E-state index in [1.807, 2.05) is 6.07 Å². The molecule has 8 nitrogen and oxygen atoms in total. The van der Waals surface area contributed by atoms with Gasteiger partial charge in [-0.2, -0.15) is 18.4 Å². The molecule has 13 heteroatoms. The van der Waals surface area contributed by atoms with E-state index >= 15 is 0 Å². The van der Waals surface area contributed by atoms with Gasteiger partial charge in [0, 0.05) is 10.4 Å². The topological polar surface area (TPSA) is 118 Å². The first kappa shape index (κ1) is 28.1. The number of hydrogen-bond donors (Lipinski definition) is 2. The fourth-order valence-corrected chi connectivity index (χ4v) is 4.88. The molecule has 0 saturated heterocycles. The second-order valence-corrected chi connectivity index (χ2v) is 9.52. The molecule has 2 N–H and O–H groups in total. The number of halogens is 4. The van der Waals surface area contributed by atoms with Gasteiger partial charge in [0.05, 0.1) is 47.9 Å². The number of thioether (sulfide) groups is 1. The summed E-state index contributed by atoms with van der Waals surface area (Å²) < 4.78 is 50.2. The van der Waals surface area contributed by atoms with Crippen molar-refractivity contribution in [1.82, 2.24) is 5.32 Å². The van der Waals surface area contributed by atoms with Crippen molar-refractivity contribution in [1.29, 1.82) is 5.26 Å². The van der Waals surface area contributed by atoms with Crippen molar-refractivity contribution in [2.45, 2.75) is 12.1 Å². The molecule has 0 aromatic heterocycles. The van der Waals surface area contributed by atoms with E-state index in [0.717, 1.165) is 31.0 Å². The quantitative estimate of drug-likeness (QED) is 0.354. The Morgan fingerprint density at radius 1 is 1.19 bits per heavy atom. The SMILES string of the molecule is COC(=O)[C@H]1C(=O)NC(SCC(=O)Nc2ccc(Br)cc2C(F)(F)F)=C(C#N)[C@H]1c1ccc(OC)cc1. The largest absolute Gasteiger partial charge is 0.497 e. The minimum absolute atomic E-state index is 0.00223. The summed E-state index contributed by atoms with van der Waals surface area (Å²) in [5.74, 6) is -4.71. The van der Waals surface area contributed by atoms with E-state index in [1.54, 1.807) is 24.3 Å². The Kier molecular flexibility index (Phi) is 8.88. The lowest BCUT2D eigenvalue weighted by molar-refractivity contribution is -0.150. The number of amides is 2. The van der Waals surface area contributed by atoms with Crippen LogP contribution in [0.15, 0.2) is 57.5 Å². The molecule has 37 heavy (non-hydrogen) atoms. The number of benzene rings is 2. The highest BCUT2D eigenvalue weighted by Gasteiger charge is 2.44. The van der Waals surface area contributed by atoms with Crippen molar-refractivity contribution in [2.75, 3.05) is 25.3 Å². The number of nitriles is 1. The molecule has 3 rings (SSSR count). The standard InChI is InChI=1S/C24H19BrF3N3O5S/c1-35-14-6-3-12(4-7-14)19-15(10-29)22(31-21(33)20(19)23(34)36-2)37-11-18(32)30-17-8-5-13(25)9-16(17)24(26,27)28/h3-9,19-20H,11H2,1-2H3,(H,30,32)(H,31,33)/t19-,20-/m1/s1. The Hall–Kier alpha value is -3.50. The number of nitrogens with one attached hydrogen (secondary N) is 2. The van der Waals surface area contributed by atoms with Crippen LogP contribution in [0.5, 0.6) is 5.75 Å².